The number of halogens is 2. The second-order valence-corrected chi connectivity index (χ2v) is 4.82. The van der Waals surface area contributed by atoms with Crippen molar-refractivity contribution in [2.45, 2.75) is 18.2 Å². The van der Waals surface area contributed by atoms with E-state index in [1.807, 2.05) is 0 Å². The highest BCUT2D eigenvalue weighted by atomic mass is 32.2. The third-order valence-corrected chi connectivity index (χ3v) is 3.44. The molecule has 0 spiro atoms. The second kappa shape index (κ2) is 7.73. The van der Waals surface area contributed by atoms with E-state index in [4.69, 9.17) is 5.11 Å². The zero-order valence-corrected chi connectivity index (χ0v) is 10.8. The van der Waals surface area contributed by atoms with Crippen molar-refractivity contribution < 1.29 is 23.5 Å². The summed E-state index contributed by atoms with van der Waals surface area (Å²) in [6, 6.07) is 2.66. The standard InChI is InChI=1S/C12H13F2NO3S/c13-9-2-1-3-10(14)8(9)6-19-5-4-11(12(17)18)15-7-16/h1-3,7,11H,4-6H2,(H,15,16)(H,17,18). The summed E-state index contributed by atoms with van der Waals surface area (Å²) in [6.45, 7) is 0. The molecular weight excluding hydrogens is 276 g/mol. The van der Waals surface area contributed by atoms with Gasteiger partial charge in [-0.1, -0.05) is 6.07 Å². The van der Waals surface area contributed by atoms with E-state index in [9.17, 15) is 18.4 Å². The fourth-order valence-corrected chi connectivity index (χ4v) is 2.43. The van der Waals surface area contributed by atoms with Crippen molar-refractivity contribution in [1.82, 2.24) is 5.32 Å². The Morgan fingerprint density at radius 1 is 1.42 bits per heavy atom. The van der Waals surface area contributed by atoms with Crippen molar-refractivity contribution in [2.75, 3.05) is 5.75 Å². The minimum Gasteiger partial charge on any atom is -0.480 e. The molecule has 0 fully saturated rings. The molecule has 1 rings (SSSR count). The second-order valence-electron chi connectivity index (χ2n) is 3.72. The van der Waals surface area contributed by atoms with Crippen molar-refractivity contribution in [3.05, 3.63) is 35.4 Å². The lowest BCUT2D eigenvalue weighted by atomic mass is 10.2. The Hall–Kier alpha value is -1.63. The van der Waals surface area contributed by atoms with E-state index in [2.05, 4.69) is 5.32 Å². The lowest BCUT2D eigenvalue weighted by Gasteiger charge is -2.10. The van der Waals surface area contributed by atoms with Gasteiger partial charge < -0.3 is 10.4 Å². The van der Waals surface area contributed by atoms with Crippen LogP contribution >= 0.6 is 11.8 Å². The molecule has 0 heterocycles. The van der Waals surface area contributed by atoms with Crippen molar-refractivity contribution >= 4 is 24.1 Å². The zero-order chi connectivity index (χ0) is 14.3. The molecule has 1 aromatic rings. The molecule has 7 heteroatoms. The van der Waals surface area contributed by atoms with Crippen molar-refractivity contribution in [3.63, 3.8) is 0 Å². The van der Waals surface area contributed by atoms with Gasteiger partial charge in [-0.3, -0.25) is 4.79 Å². The SMILES string of the molecule is O=CNC(CCSCc1c(F)cccc1F)C(=O)O. The van der Waals surface area contributed by atoms with Crippen LogP contribution in [0, 0.1) is 11.6 Å². The molecular formula is C12H13F2NO3S. The summed E-state index contributed by atoms with van der Waals surface area (Å²) in [7, 11) is 0. The van der Waals surface area contributed by atoms with Gasteiger partial charge in [-0.25, -0.2) is 13.6 Å². The number of benzene rings is 1. The van der Waals surface area contributed by atoms with Crippen LogP contribution in [0.4, 0.5) is 8.78 Å². The van der Waals surface area contributed by atoms with Crippen LogP contribution in [0.3, 0.4) is 0 Å². The molecule has 19 heavy (non-hydrogen) atoms. The molecule has 4 nitrogen and oxygen atoms in total. The largest absolute Gasteiger partial charge is 0.480 e. The number of nitrogens with one attached hydrogen (secondary N) is 1. The highest BCUT2D eigenvalue weighted by Gasteiger charge is 2.16. The van der Waals surface area contributed by atoms with Crippen molar-refractivity contribution in [3.8, 4) is 0 Å². The topological polar surface area (TPSA) is 66.4 Å². The Morgan fingerprint density at radius 3 is 2.58 bits per heavy atom. The highest BCUT2D eigenvalue weighted by molar-refractivity contribution is 7.98. The van der Waals surface area contributed by atoms with E-state index in [-0.39, 0.29) is 17.7 Å². The Balaban J connectivity index is 2.42. The number of thioether (sulfide) groups is 1. The normalized spacial score (nSPS) is 11.9. The Bertz CT molecular complexity index is 436. The first-order valence-electron chi connectivity index (χ1n) is 5.49. The van der Waals surface area contributed by atoms with Crippen LogP contribution in [0.15, 0.2) is 18.2 Å². The molecule has 0 aromatic heterocycles. The number of carboxylic acids is 1. The summed E-state index contributed by atoms with van der Waals surface area (Å²) in [6.07, 6.45) is 0.509. The van der Waals surface area contributed by atoms with Crippen LogP contribution in [0.1, 0.15) is 12.0 Å². The van der Waals surface area contributed by atoms with Crippen molar-refractivity contribution in [2.24, 2.45) is 0 Å². The maximum absolute atomic E-state index is 13.3. The van der Waals surface area contributed by atoms with Gasteiger partial charge in [0.1, 0.15) is 17.7 Å². The van der Waals surface area contributed by atoms with Crippen molar-refractivity contribution in [1.29, 1.82) is 0 Å². The van der Waals surface area contributed by atoms with Gasteiger partial charge >= 0.3 is 5.97 Å². The highest BCUT2D eigenvalue weighted by Crippen LogP contribution is 2.19. The van der Waals surface area contributed by atoms with Gasteiger partial charge in [-0.05, 0) is 24.3 Å². The summed E-state index contributed by atoms with van der Waals surface area (Å²) in [5.41, 5.74) is -0.0253. The molecule has 1 amide bonds. The van der Waals surface area contributed by atoms with Gasteiger partial charge in [0.05, 0.1) is 0 Å². The number of carboxylic acid groups (broad SMARTS) is 1. The van der Waals surface area contributed by atoms with Gasteiger partial charge in [0.2, 0.25) is 6.41 Å². The fourth-order valence-electron chi connectivity index (χ4n) is 1.41. The van der Waals surface area contributed by atoms with E-state index < -0.39 is 23.6 Å². The van der Waals surface area contributed by atoms with Gasteiger partial charge in [0.15, 0.2) is 0 Å². The monoisotopic (exact) mass is 289 g/mol. The number of hydrogen-bond acceptors (Lipinski definition) is 3. The molecule has 0 radical (unpaired) electrons. The van der Waals surface area contributed by atoms with E-state index in [1.165, 1.54) is 30.0 Å². The Kier molecular flexibility index (Phi) is 6.27. The molecule has 0 bridgehead atoms. The number of carbonyl (C=O) groups is 2. The molecule has 1 aromatic carbocycles. The minimum absolute atomic E-state index is 0.0253. The maximum atomic E-state index is 13.3. The van der Waals surface area contributed by atoms with E-state index >= 15 is 0 Å². The van der Waals surface area contributed by atoms with Gasteiger partial charge in [-0.2, -0.15) is 11.8 Å². The molecule has 0 aliphatic carbocycles. The zero-order valence-electron chi connectivity index (χ0n) is 9.94. The summed E-state index contributed by atoms with van der Waals surface area (Å²) < 4.78 is 26.6. The van der Waals surface area contributed by atoms with Gasteiger partial charge in [0.25, 0.3) is 0 Å². The van der Waals surface area contributed by atoms with Crippen LogP contribution in [-0.2, 0) is 15.3 Å². The first-order valence-corrected chi connectivity index (χ1v) is 6.65. The smallest absolute Gasteiger partial charge is 0.326 e. The van der Waals surface area contributed by atoms with Crippen LogP contribution < -0.4 is 5.32 Å². The molecule has 1 unspecified atom stereocenters. The minimum atomic E-state index is -1.13. The van der Waals surface area contributed by atoms with Crippen LogP contribution in [0.25, 0.3) is 0 Å². The number of carbonyl (C=O) groups excluding carboxylic acids is 1. The summed E-state index contributed by atoms with van der Waals surface area (Å²) >= 11 is 1.21. The van der Waals surface area contributed by atoms with E-state index in [0.717, 1.165) is 0 Å². The predicted octanol–water partition coefficient (Wildman–Crippen LogP) is 1.79. The first-order chi connectivity index (χ1) is 9.06. The molecule has 104 valence electrons. The average Bonchev–Trinajstić information content (AvgIpc) is 2.35. The lowest BCUT2D eigenvalue weighted by molar-refractivity contribution is -0.140. The molecule has 0 saturated carbocycles. The fraction of sp³-hybridized carbons (Fsp3) is 0.333. The molecule has 0 aliphatic heterocycles. The Labute approximate surface area is 113 Å². The third kappa shape index (κ3) is 4.86. The van der Waals surface area contributed by atoms with Crippen LogP contribution in [0.5, 0.6) is 0 Å². The van der Waals surface area contributed by atoms with E-state index in [1.54, 1.807) is 0 Å². The number of amides is 1. The lowest BCUT2D eigenvalue weighted by Crippen LogP contribution is -2.36. The molecule has 0 saturated heterocycles. The predicted molar refractivity (Wildman–Crippen MR) is 67.8 cm³/mol. The van der Waals surface area contributed by atoms with E-state index in [0.29, 0.717) is 12.2 Å². The first kappa shape index (κ1) is 15.4. The molecule has 2 N–H and O–H groups in total. The molecule has 0 aliphatic rings. The quantitative estimate of drug-likeness (QED) is 0.565. The summed E-state index contributed by atoms with van der Waals surface area (Å²) in [4.78, 5) is 20.9. The van der Waals surface area contributed by atoms with Gasteiger partial charge in [0, 0.05) is 11.3 Å². The summed E-state index contributed by atoms with van der Waals surface area (Å²) in [5.74, 6) is -1.89. The van der Waals surface area contributed by atoms with Crippen LogP contribution in [0.2, 0.25) is 0 Å². The average molecular weight is 289 g/mol. The Morgan fingerprint density at radius 2 is 2.05 bits per heavy atom. The third-order valence-electron chi connectivity index (χ3n) is 2.43. The maximum Gasteiger partial charge on any atom is 0.326 e. The van der Waals surface area contributed by atoms with Crippen LogP contribution in [-0.4, -0.2) is 29.3 Å². The number of rotatable bonds is 8. The number of aliphatic carboxylic acids is 1. The summed E-state index contributed by atoms with van der Waals surface area (Å²) in [5, 5.41) is 10.9. The molecule has 1 atom stereocenters. The van der Waals surface area contributed by atoms with Gasteiger partial charge in [-0.15, -0.1) is 0 Å². The number of hydrogen-bond donors (Lipinski definition) is 2.